The highest BCUT2D eigenvalue weighted by Gasteiger charge is 2.13. The Balaban J connectivity index is 0.000000199. The normalized spacial score (nSPS) is 10.5. The number of benzene rings is 12. The van der Waals surface area contributed by atoms with Gasteiger partial charge >= 0.3 is 0 Å². The molecule has 0 saturated heterocycles. The number of nitrogens with zero attached hydrogens (tertiary/aromatic N) is 2. The Morgan fingerprint density at radius 3 is 0.875 bits per heavy atom. The lowest BCUT2D eigenvalue weighted by Gasteiger charge is -2.13. The van der Waals surface area contributed by atoms with Gasteiger partial charge in [0.1, 0.15) is 85.8 Å². The lowest BCUT2D eigenvalue weighted by atomic mass is 10.1. The summed E-state index contributed by atoms with van der Waals surface area (Å²) in [6, 6.07) is 87.4. The van der Waals surface area contributed by atoms with Crippen LogP contribution in [0.1, 0.15) is 128 Å². The molecule has 0 amide bonds. The van der Waals surface area contributed by atoms with E-state index in [9.17, 15) is 8.78 Å². The molecule has 12 rings (SSSR count). The molecular weight excluding hydrogens is 1640 g/mol. The van der Waals surface area contributed by atoms with E-state index in [1.807, 2.05) is 200 Å². The van der Waals surface area contributed by atoms with Gasteiger partial charge < -0.3 is 60.3 Å². The van der Waals surface area contributed by atoms with E-state index in [1.54, 1.807) is 42.5 Å². The molecule has 0 aliphatic carbocycles. The largest absolute Gasteiger partial charge is 0.489 e. The Kier molecular flexibility index (Phi) is 41.0. The molecule has 0 aliphatic heterocycles. The van der Waals surface area contributed by atoms with Crippen molar-refractivity contribution in [2.24, 2.45) is 0 Å². The van der Waals surface area contributed by atoms with Gasteiger partial charge in [0.05, 0.1) is 38.3 Å². The Bertz CT molecular complexity index is 4890. The summed E-state index contributed by atoms with van der Waals surface area (Å²) in [6.07, 6.45) is 0. The van der Waals surface area contributed by atoms with Crippen LogP contribution in [-0.4, -0.2) is 36.3 Å². The van der Waals surface area contributed by atoms with Crippen LogP contribution in [0.25, 0.3) is 0 Å². The van der Waals surface area contributed by atoms with E-state index >= 15 is 0 Å². The van der Waals surface area contributed by atoms with Gasteiger partial charge in [-0.2, -0.15) is 10.5 Å². The first-order valence-corrected chi connectivity index (χ1v) is 41.5. The molecule has 0 heterocycles. The average molecular weight is 1740 g/mol. The Labute approximate surface area is 736 Å². The second-order valence-electron chi connectivity index (χ2n) is 29.2. The smallest absolute Gasteiger partial charge is 0.138 e. The fourth-order valence-electron chi connectivity index (χ4n) is 11.0. The number of halogens is 8. The molecule has 0 bridgehead atoms. The van der Waals surface area contributed by atoms with Crippen LogP contribution in [0.4, 0.5) is 42.9 Å². The summed E-state index contributed by atoms with van der Waals surface area (Å²) in [4.78, 5) is 0. The molecule has 22 heteroatoms. The zero-order chi connectivity index (χ0) is 86.9. The second-order valence-corrected chi connectivity index (χ2v) is 31.7. The molecule has 0 atom stereocenters. The summed E-state index contributed by atoms with van der Waals surface area (Å²) in [6.45, 7) is 27.3. The van der Waals surface area contributed by atoms with Crippen LogP contribution in [0.3, 0.4) is 0 Å². The highest BCUT2D eigenvalue weighted by molar-refractivity contribution is 6.33. The van der Waals surface area contributed by atoms with E-state index in [0.29, 0.717) is 134 Å². The van der Waals surface area contributed by atoms with Crippen LogP contribution in [0, 0.1) is 34.3 Å². The van der Waals surface area contributed by atoms with Gasteiger partial charge in [0.25, 0.3) is 0 Å². The van der Waals surface area contributed by atoms with Gasteiger partial charge in [-0.05, 0) is 258 Å². The zero-order valence-corrected chi connectivity index (χ0v) is 74.0. The molecule has 0 aromatic heterocycles. The number of hydrogen-bond donors (Lipinski definition) is 6. The van der Waals surface area contributed by atoms with E-state index in [2.05, 4.69) is 127 Å². The monoisotopic (exact) mass is 1740 g/mol. The molecule has 6 N–H and O–H groups in total. The van der Waals surface area contributed by atoms with Crippen molar-refractivity contribution >= 4 is 104 Å². The molecule has 0 saturated carbocycles. The SMILES string of the molecule is CC(C)Nc1ccc(COc2cccc(C#N)c2)c(Cl)c1.CC(C)Nc1ccc(COc2cccc(F)c2)c(Cl)c1.CC(C)Nc1ccc(COc2ccccc2)c(Cl)c1.CC(C)Nc1ccc(OCc2cccc(C#N)c2)c(Cl)c1.CC(C)Nc1ccc(OCc2cccc(F)c2)c(Cl)c1.CC(C)Nc1ccc(OCc2ccccc2)c(Cl)c1. The van der Waals surface area contributed by atoms with Crippen LogP contribution < -0.4 is 60.3 Å². The number of hydrogen-bond acceptors (Lipinski definition) is 14. The first kappa shape index (κ1) is 96.0. The lowest BCUT2D eigenvalue weighted by molar-refractivity contribution is 0.304. The Hall–Kier alpha value is -11.2. The maximum atomic E-state index is 13.1. The maximum Gasteiger partial charge on any atom is 0.138 e. The molecule has 12 aromatic carbocycles. The maximum absolute atomic E-state index is 13.1. The van der Waals surface area contributed by atoms with Crippen LogP contribution in [0.5, 0.6) is 34.5 Å². The zero-order valence-electron chi connectivity index (χ0n) is 69.5. The predicted octanol–water partition coefficient (Wildman–Crippen LogP) is 28.5. The number of anilines is 6. The third kappa shape index (κ3) is 36.6. The van der Waals surface area contributed by atoms with Crippen LogP contribution in [0.2, 0.25) is 30.1 Å². The molecule has 628 valence electrons. The quantitative estimate of drug-likeness (QED) is 0.0251. The van der Waals surface area contributed by atoms with Gasteiger partial charge in [-0.1, -0.05) is 173 Å². The number of rotatable bonds is 30. The van der Waals surface area contributed by atoms with Gasteiger partial charge in [0.2, 0.25) is 0 Å². The number of para-hydroxylation sites is 1. The van der Waals surface area contributed by atoms with Gasteiger partial charge in [-0.25, -0.2) is 8.78 Å². The van der Waals surface area contributed by atoms with Crippen LogP contribution >= 0.6 is 69.6 Å². The molecule has 0 fully saturated rings. The lowest BCUT2D eigenvalue weighted by Crippen LogP contribution is -2.09. The fourth-order valence-corrected chi connectivity index (χ4v) is 12.4. The summed E-state index contributed by atoms with van der Waals surface area (Å²) in [5.41, 5.74) is 12.7. The molecule has 0 unspecified atom stereocenters. The topological polar surface area (TPSA) is 175 Å². The standard InChI is InChI=1S/2C17H17ClN2O.2C16H17ClFNO.2C16H18ClNO/c1-12(2)20-15-7-6-14(17(18)9-15)11-21-16-5-3-4-13(8-16)10-19;1-12(2)20-15-6-7-17(16(18)9-15)21-11-14-5-3-4-13(8-14)10-19;1-11(2)19-14-7-6-12(16(17)9-14)10-20-15-5-3-4-13(18)8-15;1-11(2)19-14-6-7-16(15(17)9-14)20-10-12-4-3-5-13(18)8-12;1-12(2)18-14-9-8-13(16(17)10-14)11-19-15-6-4-3-5-7-15;1-12(2)18-14-8-9-16(15(17)10-14)19-11-13-6-4-3-5-7-13/h2*3-9,12,20H,11H2,1-2H3;2*3-9,11,19H,10H2,1-2H3;2*3-10,12,18H,11H2,1-2H3. The minimum Gasteiger partial charge on any atom is -0.489 e. The number of nitriles is 2. The third-order valence-electron chi connectivity index (χ3n) is 16.3. The number of ether oxygens (including phenoxy) is 6. The second kappa shape index (κ2) is 51.3. The van der Waals surface area contributed by atoms with Crippen molar-refractivity contribution in [3.8, 4) is 46.6 Å². The molecule has 0 spiro atoms. The van der Waals surface area contributed by atoms with Gasteiger partial charge in [-0.15, -0.1) is 0 Å². The van der Waals surface area contributed by atoms with Crippen LogP contribution in [-0.2, 0) is 39.6 Å². The van der Waals surface area contributed by atoms with E-state index in [-0.39, 0.29) is 18.2 Å². The van der Waals surface area contributed by atoms with E-state index in [0.717, 1.165) is 78.3 Å². The summed E-state index contributed by atoms with van der Waals surface area (Å²) < 4.78 is 60.0. The van der Waals surface area contributed by atoms with Gasteiger partial charge in [-0.3, -0.25) is 0 Å². The predicted molar refractivity (Wildman–Crippen MR) is 495 cm³/mol. The van der Waals surface area contributed by atoms with Gasteiger partial charge in [0.15, 0.2) is 0 Å². The van der Waals surface area contributed by atoms with Crippen LogP contribution in [0.15, 0.2) is 267 Å². The molecular formula is C98H104Cl6F2N8O6. The summed E-state index contributed by atoms with van der Waals surface area (Å²) in [7, 11) is 0. The highest BCUT2D eigenvalue weighted by Crippen LogP contribution is 2.33. The minimum absolute atomic E-state index is 0.270. The van der Waals surface area contributed by atoms with E-state index in [4.69, 9.17) is 109 Å². The first-order chi connectivity index (χ1) is 57.5. The van der Waals surface area contributed by atoms with E-state index in [1.165, 1.54) is 24.3 Å². The van der Waals surface area contributed by atoms with Crippen molar-refractivity contribution in [3.63, 3.8) is 0 Å². The Morgan fingerprint density at radius 1 is 0.258 bits per heavy atom. The highest BCUT2D eigenvalue weighted by atomic mass is 35.5. The average Bonchev–Trinajstić information content (AvgIpc) is 0.778. The summed E-state index contributed by atoms with van der Waals surface area (Å²) >= 11 is 37.3. The van der Waals surface area contributed by atoms with E-state index < -0.39 is 0 Å². The third-order valence-corrected chi connectivity index (χ3v) is 18.3. The molecule has 120 heavy (non-hydrogen) atoms. The van der Waals surface area contributed by atoms with Crippen molar-refractivity contribution in [2.45, 2.75) is 159 Å². The molecule has 0 aliphatic rings. The molecule has 12 aromatic rings. The van der Waals surface area contributed by atoms with Crippen molar-refractivity contribution in [1.29, 1.82) is 10.5 Å². The Morgan fingerprint density at radius 2 is 0.533 bits per heavy atom. The van der Waals surface area contributed by atoms with Crippen molar-refractivity contribution in [1.82, 2.24) is 0 Å². The fraction of sp³-hybridized carbons (Fsp3) is 0.245. The number of nitrogens with one attached hydrogen (secondary N) is 6. The van der Waals surface area contributed by atoms with Crippen molar-refractivity contribution in [3.05, 3.63) is 353 Å². The van der Waals surface area contributed by atoms with Crippen molar-refractivity contribution in [2.75, 3.05) is 31.9 Å². The summed E-state index contributed by atoms with van der Waals surface area (Å²) in [5.74, 6) is 3.35. The first-order valence-electron chi connectivity index (χ1n) is 39.2. The van der Waals surface area contributed by atoms with Crippen molar-refractivity contribution < 1.29 is 37.2 Å². The minimum atomic E-state index is -0.315. The molecule has 0 radical (unpaired) electrons. The summed E-state index contributed by atoms with van der Waals surface area (Å²) in [5, 5.41) is 41.2. The van der Waals surface area contributed by atoms with Gasteiger partial charge in [0, 0.05) is 108 Å². The molecule has 14 nitrogen and oxygen atoms in total.